The number of methoxy groups -OCH3 is 3. The normalized spacial score (nSPS) is 7.48. The van der Waals surface area contributed by atoms with Crippen molar-refractivity contribution in [2.45, 2.75) is 292 Å². The third-order valence-electron chi connectivity index (χ3n) is 7.00. The summed E-state index contributed by atoms with van der Waals surface area (Å²) in [6, 6.07) is 0. The smallest absolute Gasteiger partial charge is 0.305 e. The van der Waals surface area contributed by atoms with Crippen LogP contribution in [0.5, 0.6) is 0 Å². The van der Waals surface area contributed by atoms with Gasteiger partial charge in [-0.1, -0.05) is 219 Å². The largest absolute Gasteiger partial charge is 0.490 e. The van der Waals surface area contributed by atoms with Gasteiger partial charge in [-0.15, -0.1) is 23.5 Å². The van der Waals surface area contributed by atoms with Crippen LogP contribution in [0.15, 0.2) is 0 Å². The molecular formula is C58H139N3O6S6. The fourth-order valence-corrected chi connectivity index (χ4v) is 5.11. The zero-order valence-corrected chi connectivity index (χ0v) is 48.6. The maximum atomic E-state index is 10.4. The van der Waals surface area contributed by atoms with Gasteiger partial charge in [0.25, 0.3) is 0 Å². The summed E-state index contributed by atoms with van der Waals surface area (Å²) >= 11 is 19.1. The summed E-state index contributed by atoms with van der Waals surface area (Å²) in [6.45, 7) is 24.6. The number of ketones is 1. The lowest BCUT2D eigenvalue weighted by molar-refractivity contribution is -0.140. The molecule has 0 aliphatic carbocycles. The molecule has 0 atom stereocenters. The summed E-state index contributed by atoms with van der Waals surface area (Å²) in [7, 11) is 4.54. The van der Waals surface area contributed by atoms with E-state index in [4.69, 9.17) is 57.6 Å². The van der Waals surface area contributed by atoms with Gasteiger partial charge in [0, 0.05) is 48.4 Å². The van der Waals surface area contributed by atoms with Gasteiger partial charge in [0.15, 0.2) is 16.1 Å². The highest BCUT2D eigenvalue weighted by Gasteiger charge is 1.94. The number of thiocarbonyl (C=S) groups is 3. The van der Waals surface area contributed by atoms with Gasteiger partial charge in [-0.2, -0.15) is 0 Å². The minimum atomic E-state index is -0.123. The van der Waals surface area contributed by atoms with Crippen LogP contribution in [-0.2, 0) is 28.6 Å². The third-order valence-corrected chi connectivity index (χ3v) is 10.6. The molecule has 458 valence electrons. The average molecular weight is 1170 g/mol. The van der Waals surface area contributed by atoms with E-state index in [0.29, 0.717) is 34.7 Å². The number of Topliss-reactive ketones (excluding diaryl/α,β-unsaturated/α-hetero) is 1. The molecule has 0 aromatic heterocycles. The van der Waals surface area contributed by atoms with Crippen molar-refractivity contribution in [2.75, 3.05) is 40.1 Å². The highest BCUT2D eigenvalue weighted by molar-refractivity contribution is 8.22. The number of carbonyl (C=O) groups excluding carboxylic acids is 3. The van der Waals surface area contributed by atoms with E-state index in [0.717, 1.165) is 124 Å². The van der Waals surface area contributed by atoms with Crippen LogP contribution in [0.4, 0.5) is 0 Å². The summed E-state index contributed by atoms with van der Waals surface area (Å²) in [4.78, 5) is 32.2. The Morgan fingerprint density at radius 1 is 0.397 bits per heavy atom. The van der Waals surface area contributed by atoms with Crippen molar-refractivity contribution in [3.05, 3.63) is 0 Å². The van der Waals surface area contributed by atoms with E-state index in [-0.39, 0.29) is 80.2 Å². The number of carbonyl (C=O) groups is 3. The average Bonchev–Trinajstić information content (AvgIpc) is 3.28. The molecule has 0 aliphatic heterocycles. The Morgan fingerprint density at radius 2 is 0.781 bits per heavy atom. The number of hydrogen-bond acceptors (Lipinski definition) is 15. The standard InChI is InChI=1S/C6H13N.C6H12O.C6H12S.C5H11NO.C5H11NS.C5H10O2.2C5H10OS.C5H10S2.10CH4/c3*1-3-5-6(7)4-2;4*1-3-4-5(6)7-2;1-3-4-5(7)6-2;1-3-4-5(6)7-2;;;;;;;;;;/h7H,3-5H2,1-2H3;2*3-5H2,1-2H3;2*6H,3-4H2,1-2H3;4*3-4H2,1-2H3;10*1H4. The van der Waals surface area contributed by atoms with E-state index in [1.54, 1.807) is 18.9 Å². The topological polar surface area (TPSA) is 150 Å². The summed E-state index contributed by atoms with van der Waals surface area (Å²) in [5.74, 6) is 0.632. The maximum absolute atomic E-state index is 10.4. The lowest BCUT2D eigenvalue weighted by Crippen LogP contribution is -1.97. The van der Waals surface area contributed by atoms with Crippen molar-refractivity contribution in [1.82, 2.24) is 0 Å². The molecule has 73 heavy (non-hydrogen) atoms. The zero-order chi connectivity index (χ0) is 51.3. The van der Waals surface area contributed by atoms with Crippen LogP contribution in [0.25, 0.3) is 0 Å². The molecule has 0 fully saturated rings. The van der Waals surface area contributed by atoms with Gasteiger partial charge in [0.1, 0.15) is 5.78 Å². The number of thioether (sulfide) groups is 3. The van der Waals surface area contributed by atoms with E-state index in [1.165, 1.54) is 55.4 Å². The van der Waals surface area contributed by atoms with Crippen LogP contribution in [0.1, 0.15) is 292 Å². The van der Waals surface area contributed by atoms with Crippen LogP contribution in [0, 0.1) is 16.2 Å². The summed E-state index contributed by atoms with van der Waals surface area (Å²) in [5, 5.41) is 23.0. The lowest BCUT2D eigenvalue weighted by atomic mass is 10.2. The van der Waals surface area contributed by atoms with Crippen molar-refractivity contribution in [1.29, 1.82) is 16.2 Å². The van der Waals surface area contributed by atoms with Crippen molar-refractivity contribution in [3.63, 3.8) is 0 Å². The first-order chi connectivity index (χ1) is 29.8. The quantitative estimate of drug-likeness (QED) is 0.0434. The fraction of sp³-hybridized carbons (Fsp3) is 0.845. The fourth-order valence-electron chi connectivity index (χ4n) is 3.27. The lowest BCUT2D eigenvalue weighted by Gasteiger charge is -1.95. The Kier molecular flexibility index (Phi) is 219. The molecule has 0 amide bonds. The third kappa shape index (κ3) is 175. The molecular weight excluding hydrogens is 1030 g/mol. The van der Waals surface area contributed by atoms with E-state index in [9.17, 15) is 14.4 Å². The highest BCUT2D eigenvalue weighted by atomic mass is 32.2. The van der Waals surface area contributed by atoms with Crippen LogP contribution < -0.4 is 0 Å². The highest BCUT2D eigenvalue weighted by Crippen LogP contribution is 2.04. The number of rotatable bonds is 21. The Hall–Kier alpha value is -1.26. The molecule has 0 aromatic carbocycles. The molecule has 15 heteroatoms. The second-order valence-electron chi connectivity index (χ2n) is 13.1. The van der Waals surface area contributed by atoms with E-state index in [1.807, 2.05) is 60.3 Å². The summed E-state index contributed by atoms with van der Waals surface area (Å²) in [6.07, 6.45) is 25.8. The first kappa shape index (κ1) is 129. The van der Waals surface area contributed by atoms with E-state index in [2.05, 4.69) is 51.0 Å². The molecule has 0 radical (unpaired) electrons. The van der Waals surface area contributed by atoms with E-state index >= 15 is 0 Å². The molecule has 9 nitrogen and oxygen atoms in total. The first-order valence-corrected chi connectivity index (χ1v) is 27.8. The van der Waals surface area contributed by atoms with Gasteiger partial charge >= 0.3 is 5.97 Å². The number of nitrogens with one attached hydrogen (secondary N) is 3. The van der Waals surface area contributed by atoms with Gasteiger partial charge < -0.3 is 19.6 Å². The number of hydrogen-bond donors (Lipinski definition) is 3. The first-order valence-electron chi connectivity index (χ1n) is 22.9. The van der Waals surface area contributed by atoms with E-state index < -0.39 is 0 Å². The Labute approximate surface area is 493 Å². The molecule has 3 N–H and O–H groups in total. The summed E-state index contributed by atoms with van der Waals surface area (Å²) < 4.78 is 14.8. The molecule has 0 rings (SSSR count). The number of esters is 1. The molecule has 0 heterocycles. The molecule has 0 saturated heterocycles. The van der Waals surface area contributed by atoms with Crippen LogP contribution >= 0.6 is 71.9 Å². The molecule has 0 bridgehead atoms. The molecule has 0 spiro atoms. The monoisotopic (exact) mass is 1170 g/mol. The van der Waals surface area contributed by atoms with Crippen molar-refractivity contribution >= 4 is 120 Å². The molecule has 0 aliphatic rings. The van der Waals surface area contributed by atoms with Gasteiger partial charge in [-0.05, 0) is 106 Å². The predicted molar refractivity (Wildman–Crippen MR) is 370 cm³/mol. The van der Waals surface area contributed by atoms with Crippen molar-refractivity contribution in [2.24, 2.45) is 0 Å². The van der Waals surface area contributed by atoms with Gasteiger partial charge in [0.2, 0.25) is 0 Å². The summed E-state index contributed by atoms with van der Waals surface area (Å²) in [5.41, 5.74) is 0.877. The second kappa shape index (κ2) is 124. The Morgan fingerprint density at radius 3 is 0.904 bits per heavy atom. The van der Waals surface area contributed by atoms with Crippen LogP contribution in [0.3, 0.4) is 0 Å². The van der Waals surface area contributed by atoms with Crippen LogP contribution in [-0.4, -0.2) is 87.7 Å². The van der Waals surface area contributed by atoms with Crippen molar-refractivity contribution < 1.29 is 28.6 Å². The molecule has 0 aromatic rings. The van der Waals surface area contributed by atoms with Gasteiger partial charge in [-0.25, -0.2) is 0 Å². The molecule has 0 saturated carbocycles. The van der Waals surface area contributed by atoms with Crippen molar-refractivity contribution in [3.8, 4) is 0 Å². The number of ether oxygens (including phenoxy) is 3. The SMILES string of the molecule is C.C.C.C.C.C.C.C.C.C.CCCC(=N)CC.CCCC(=N)OC.CCCC(=N)SC.CCCC(=O)CC.CCCC(=O)OC.CCCC(=O)SC.CCCC(=S)CC.CCCC(=S)OC.CCCC(=S)SC. The predicted octanol–water partition coefficient (Wildman–Crippen LogP) is 23.3. The minimum absolute atomic E-state index is 0. The molecule has 0 unspecified atom stereocenters. The zero-order valence-electron chi connectivity index (χ0n) is 43.7. The van der Waals surface area contributed by atoms with Crippen LogP contribution in [0.2, 0.25) is 0 Å². The second-order valence-corrected chi connectivity index (χ2v) is 17.5. The maximum Gasteiger partial charge on any atom is 0.305 e. The van der Waals surface area contributed by atoms with Gasteiger partial charge in [-0.3, -0.25) is 25.2 Å². The Bertz CT molecular complexity index is 811. The Balaban J connectivity index is -0.0000000260. The van der Waals surface area contributed by atoms with Gasteiger partial charge in [0.05, 0.1) is 26.4 Å². The minimum Gasteiger partial charge on any atom is -0.490 e.